The number of imide groups is 1. The number of fused-ring (bicyclic) bond motifs is 5. The van der Waals surface area contributed by atoms with E-state index in [1.54, 1.807) is 24.3 Å². The molecule has 2 aliphatic carbocycles. The minimum Gasteiger partial charge on any atom is -0.423 e. The van der Waals surface area contributed by atoms with Crippen molar-refractivity contribution in [2.45, 2.75) is 14.1 Å². The van der Waals surface area contributed by atoms with Crippen molar-refractivity contribution < 1.29 is 28.7 Å². The molecule has 1 saturated heterocycles. The molecule has 2 bridgehead atoms. The van der Waals surface area contributed by atoms with Gasteiger partial charge >= 0.3 is 5.97 Å². The second-order valence-corrected chi connectivity index (χ2v) is 15.4. The number of Topliss-reactive ketones (excluding diaryl/α,β-unsaturated/α-hetero) is 1. The SMILES string of the molecule is O=C(CN(C(=O)c1ccc(Cl)cc1)N1C(=O)[C@@H]2[C@@H](C1=O)[C@@]1(Cl)C(Cl)=C(Cl)[C@@]2(Cl)C1(Cl)Cl)c1ccc(OC(=O)c2ccc(Br)cc2)cc1. The molecular formula is C31H16BrCl7N2O6. The summed E-state index contributed by atoms with van der Waals surface area (Å²) in [5.74, 6) is -7.16. The van der Waals surface area contributed by atoms with Gasteiger partial charge in [-0.15, -0.1) is 23.2 Å². The van der Waals surface area contributed by atoms with Gasteiger partial charge in [0.2, 0.25) is 0 Å². The third kappa shape index (κ3) is 5.12. The quantitative estimate of drug-likeness (QED) is 0.0787. The zero-order valence-corrected chi connectivity index (χ0v) is 30.0. The van der Waals surface area contributed by atoms with Crippen LogP contribution in [0.5, 0.6) is 5.75 Å². The molecule has 1 saturated carbocycles. The Labute approximate surface area is 310 Å². The summed E-state index contributed by atoms with van der Waals surface area (Å²) in [6.07, 6.45) is 0. The summed E-state index contributed by atoms with van der Waals surface area (Å²) in [5, 5.41) is 0.890. The third-order valence-electron chi connectivity index (χ3n) is 8.21. The number of allylic oxidation sites excluding steroid dienone is 2. The molecule has 0 radical (unpaired) electrons. The summed E-state index contributed by atoms with van der Waals surface area (Å²) in [6, 6.07) is 17.6. The molecule has 0 unspecified atom stereocenters. The average molecular weight is 841 g/mol. The smallest absolute Gasteiger partial charge is 0.343 e. The van der Waals surface area contributed by atoms with E-state index >= 15 is 0 Å². The summed E-state index contributed by atoms with van der Waals surface area (Å²) in [6.45, 7) is -0.789. The number of ether oxygens (including phenoxy) is 1. The maximum absolute atomic E-state index is 14.0. The number of esters is 1. The number of hydrazine groups is 1. The van der Waals surface area contributed by atoms with Crippen molar-refractivity contribution in [3.63, 3.8) is 0 Å². The second-order valence-electron chi connectivity index (χ2n) is 10.8. The van der Waals surface area contributed by atoms with Crippen LogP contribution in [0.3, 0.4) is 0 Å². The molecule has 4 atom stereocenters. The van der Waals surface area contributed by atoms with E-state index in [-0.39, 0.29) is 26.9 Å². The van der Waals surface area contributed by atoms with Gasteiger partial charge in [0.1, 0.15) is 22.0 Å². The van der Waals surface area contributed by atoms with Crippen molar-refractivity contribution in [3.05, 3.63) is 109 Å². The first-order valence-corrected chi connectivity index (χ1v) is 16.9. The predicted molar refractivity (Wildman–Crippen MR) is 182 cm³/mol. The summed E-state index contributed by atoms with van der Waals surface area (Å²) < 4.78 is 3.98. The normalized spacial score (nSPS) is 25.7. The minimum atomic E-state index is -2.19. The molecule has 16 heteroatoms. The van der Waals surface area contributed by atoms with Crippen molar-refractivity contribution in [3.8, 4) is 5.75 Å². The van der Waals surface area contributed by atoms with Gasteiger partial charge < -0.3 is 4.74 Å². The van der Waals surface area contributed by atoms with Crippen LogP contribution in [0.2, 0.25) is 5.02 Å². The molecule has 242 valence electrons. The lowest BCUT2D eigenvalue weighted by Crippen LogP contribution is -2.56. The van der Waals surface area contributed by atoms with E-state index in [4.69, 9.17) is 85.9 Å². The molecule has 3 aliphatic rings. The number of nitrogens with zero attached hydrogens (tertiary/aromatic N) is 2. The number of carbonyl (C=O) groups is 5. The number of rotatable bonds is 7. The van der Waals surface area contributed by atoms with E-state index in [0.717, 1.165) is 4.47 Å². The van der Waals surface area contributed by atoms with E-state index in [1.807, 2.05) is 0 Å². The molecule has 3 aromatic rings. The fourth-order valence-corrected chi connectivity index (χ4v) is 9.20. The molecule has 47 heavy (non-hydrogen) atoms. The summed E-state index contributed by atoms with van der Waals surface area (Å²) >= 11 is 48.9. The van der Waals surface area contributed by atoms with E-state index in [0.29, 0.717) is 20.6 Å². The molecule has 0 aromatic heterocycles. The largest absolute Gasteiger partial charge is 0.423 e. The van der Waals surface area contributed by atoms with Crippen LogP contribution in [0.15, 0.2) is 87.3 Å². The van der Waals surface area contributed by atoms with Crippen LogP contribution in [-0.2, 0) is 9.59 Å². The number of carbonyl (C=O) groups excluding carboxylic acids is 5. The lowest BCUT2D eigenvalue weighted by molar-refractivity contribution is -0.154. The molecule has 1 aliphatic heterocycles. The fraction of sp³-hybridized carbons (Fsp3) is 0.194. The van der Waals surface area contributed by atoms with E-state index < -0.39 is 61.9 Å². The highest BCUT2D eigenvalue weighted by Crippen LogP contribution is 2.77. The zero-order chi connectivity index (χ0) is 34.2. The molecule has 2 fully saturated rings. The Morgan fingerprint density at radius 2 is 1.19 bits per heavy atom. The van der Waals surface area contributed by atoms with Crippen molar-refractivity contribution >= 4 is 127 Å². The van der Waals surface area contributed by atoms with Crippen molar-refractivity contribution in [2.24, 2.45) is 11.8 Å². The number of benzene rings is 3. The first-order valence-electron chi connectivity index (χ1n) is 13.4. The van der Waals surface area contributed by atoms with Gasteiger partial charge in [-0.25, -0.2) is 9.80 Å². The van der Waals surface area contributed by atoms with Gasteiger partial charge in [-0.2, -0.15) is 5.01 Å². The van der Waals surface area contributed by atoms with Gasteiger partial charge in [-0.1, -0.05) is 73.9 Å². The highest BCUT2D eigenvalue weighted by atomic mass is 79.9. The maximum Gasteiger partial charge on any atom is 0.343 e. The molecule has 6 rings (SSSR count). The maximum atomic E-state index is 14.0. The molecule has 8 nitrogen and oxygen atoms in total. The summed E-state index contributed by atoms with van der Waals surface area (Å²) in [4.78, 5) is 63.9. The van der Waals surface area contributed by atoms with Crippen molar-refractivity contribution in [1.82, 2.24) is 10.0 Å². The van der Waals surface area contributed by atoms with Gasteiger partial charge in [-0.05, 0) is 72.8 Å². The number of alkyl halides is 4. The Balaban J connectivity index is 1.30. The molecule has 3 aromatic carbocycles. The van der Waals surface area contributed by atoms with Crippen LogP contribution in [-0.4, -0.2) is 60.1 Å². The number of hydrogen-bond donors (Lipinski definition) is 0. The Morgan fingerprint density at radius 3 is 1.70 bits per heavy atom. The van der Waals surface area contributed by atoms with Crippen LogP contribution >= 0.6 is 97.1 Å². The fourth-order valence-electron chi connectivity index (χ4n) is 5.88. The first-order chi connectivity index (χ1) is 22.0. The monoisotopic (exact) mass is 836 g/mol. The van der Waals surface area contributed by atoms with Crippen molar-refractivity contribution in [1.29, 1.82) is 0 Å². The highest BCUT2D eigenvalue weighted by Gasteiger charge is 2.88. The molecule has 3 amide bonds. The molecule has 0 spiro atoms. The lowest BCUT2D eigenvalue weighted by atomic mass is 9.84. The second kappa shape index (κ2) is 12.2. The Kier molecular flexibility index (Phi) is 8.97. The Bertz CT molecular complexity index is 1860. The lowest BCUT2D eigenvalue weighted by Gasteiger charge is -2.36. The molecule has 0 N–H and O–H groups in total. The van der Waals surface area contributed by atoms with Gasteiger partial charge in [0.15, 0.2) is 10.1 Å². The highest BCUT2D eigenvalue weighted by molar-refractivity contribution is 9.10. The van der Waals surface area contributed by atoms with Crippen LogP contribution in [0, 0.1) is 11.8 Å². The standard InChI is InChI=1S/C31H16BrCl7N2O6/c32-17-7-1-16(2-8-17)28(46)47-19-11-5-14(6-12-19)20(42)13-40(25(43)15-3-9-18(33)10-4-15)41-26(44)21-22(27(41)45)30(37)24(35)23(34)29(21,36)31(30,38)39/h1-12,21-22H,13H2/t21-,22-,29+,30+/m0/s1. The number of amides is 3. The first kappa shape index (κ1) is 34.5. The number of halogens is 8. The zero-order valence-electron chi connectivity index (χ0n) is 23.2. The summed E-state index contributed by atoms with van der Waals surface area (Å²) in [5.41, 5.74) is 0.369. The van der Waals surface area contributed by atoms with E-state index in [1.165, 1.54) is 48.5 Å². The van der Waals surface area contributed by atoms with Crippen molar-refractivity contribution in [2.75, 3.05) is 6.54 Å². The van der Waals surface area contributed by atoms with Gasteiger partial charge in [-0.3, -0.25) is 19.2 Å². The van der Waals surface area contributed by atoms with E-state index in [2.05, 4.69) is 15.9 Å². The minimum absolute atomic E-state index is 0.00238. The summed E-state index contributed by atoms with van der Waals surface area (Å²) in [7, 11) is 0. The number of hydrogen-bond acceptors (Lipinski definition) is 6. The molecule has 1 heterocycles. The Hall–Kier alpha value is -2.34. The Morgan fingerprint density at radius 1 is 0.723 bits per heavy atom. The average Bonchev–Trinajstić information content (AvgIpc) is 3.43. The van der Waals surface area contributed by atoms with Gasteiger partial charge in [0.25, 0.3) is 17.7 Å². The van der Waals surface area contributed by atoms with Gasteiger partial charge in [0, 0.05) is 20.6 Å². The van der Waals surface area contributed by atoms with Gasteiger partial charge in [0.05, 0.1) is 27.5 Å². The third-order valence-corrected chi connectivity index (χ3v) is 13.3. The van der Waals surface area contributed by atoms with E-state index in [9.17, 15) is 24.0 Å². The van der Waals surface area contributed by atoms with Crippen LogP contribution < -0.4 is 4.74 Å². The predicted octanol–water partition coefficient (Wildman–Crippen LogP) is 8.01. The van der Waals surface area contributed by atoms with Crippen LogP contribution in [0.25, 0.3) is 0 Å². The molecular weight excluding hydrogens is 824 g/mol. The van der Waals surface area contributed by atoms with Crippen LogP contribution in [0.1, 0.15) is 31.1 Å². The topological polar surface area (TPSA) is 101 Å². The number of ketones is 1. The van der Waals surface area contributed by atoms with Crippen LogP contribution in [0.4, 0.5) is 0 Å².